The molecule has 33 heavy (non-hydrogen) atoms. The Morgan fingerprint density at radius 2 is 1.79 bits per heavy atom. The molecule has 3 aromatic rings. The fourth-order valence-electron chi connectivity index (χ4n) is 2.92. The van der Waals surface area contributed by atoms with E-state index in [1.54, 1.807) is 24.3 Å². The second-order valence-corrected chi connectivity index (χ2v) is 8.73. The maximum atomic E-state index is 12.7. The minimum atomic E-state index is -0.620. The van der Waals surface area contributed by atoms with E-state index in [1.165, 1.54) is 6.08 Å². The molecule has 0 heterocycles. The smallest absolute Gasteiger partial charge is 0.266 e. The molecule has 0 saturated carbocycles. The van der Waals surface area contributed by atoms with Crippen LogP contribution >= 0.6 is 45.8 Å². The number of halogens is 3. The van der Waals surface area contributed by atoms with E-state index in [4.69, 9.17) is 32.7 Å². The van der Waals surface area contributed by atoms with Gasteiger partial charge in [0.05, 0.1) is 25.9 Å². The third-order valence-electron chi connectivity index (χ3n) is 4.44. The molecule has 0 fully saturated rings. The predicted octanol–water partition coefficient (Wildman–Crippen LogP) is 7.12. The van der Waals surface area contributed by atoms with E-state index in [1.807, 2.05) is 49.4 Å². The Morgan fingerprint density at radius 1 is 1.09 bits per heavy atom. The first-order chi connectivity index (χ1) is 15.9. The first kappa shape index (κ1) is 24.9. The normalized spacial score (nSPS) is 10.9. The third kappa shape index (κ3) is 6.64. The number of amides is 1. The predicted molar refractivity (Wildman–Crippen MR) is 140 cm³/mol. The molecule has 0 aliphatic rings. The number of rotatable bonds is 8. The number of nitriles is 1. The lowest BCUT2D eigenvalue weighted by Gasteiger charge is -2.15. The van der Waals surface area contributed by atoms with Crippen LogP contribution in [0.4, 0.5) is 5.69 Å². The summed E-state index contributed by atoms with van der Waals surface area (Å²) in [6.45, 7) is 2.69. The van der Waals surface area contributed by atoms with Gasteiger partial charge in [-0.1, -0.05) is 59.6 Å². The van der Waals surface area contributed by atoms with Crippen molar-refractivity contribution in [2.45, 2.75) is 13.5 Å². The van der Waals surface area contributed by atoms with Gasteiger partial charge in [0.25, 0.3) is 5.91 Å². The zero-order valence-corrected chi connectivity index (χ0v) is 21.2. The van der Waals surface area contributed by atoms with Crippen molar-refractivity contribution < 1.29 is 14.3 Å². The van der Waals surface area contributed by atoms with Gasteiger partial charge in [-0.3, -0.25) is 4.79 Å². The molecule has 0 atom stereocenters. The highest BCUT2D eigenvalue weighted by Gasteiger charge is 2.16. The van der Waals surface area contributed by atoms with E-state index >= 15 is 0 Å². The van der Waals surface area contributed by atoms with Crippen LogP contribution in [0.25, 0.3) is 6.08 Å². The molecule has 1 N–H and O–H groups in total. The second-order valence-electron chi connectivity index (χ2n) is 6.76. The first-order valence-corrected chi connectivity index (χ1v) is 11.8. The summed E-state index contributed by atoms with van der Waals surface area (Å²) in [6, 6.07) is 20.2. The Kier molecular flexibility index (Phi) is 9.01. The molecule has 1 amide bonds. The number of hydrogen-bond acceptors (Lipinski definition) is 4. The van der Waals surface area contributed by atoms with E-state index in [2.05, 4.69) is 27.9 Å². The minimum absolute atomic E-state index is 0.109. The number of nitrogens with zero attached hydrogens (tertiary/aromatic N) is 1. The summed E-state index contributed by atoms with van der Waals surface area (Å²) >= 11 is 14.4. The maximum absolute atomic E-state index is 12.7. The molecule has 0 saturated heterocycles. The SMILES string of the molecule is CCOc1cc(/C=C(\C#N)C(=O)Nc2c(Cl)cccc2Cl)cc(I)c1OCc1ccccc1. The van der Waals surface area contributed by atoms with Gasteiger partial charge in [0.1, 0.15) is 18.2 Å². The lowest BCUT2D eigenvalue weighted by atomic mass is 10.1. The van der Waals surface area contributed by atoms with E-state index < -0.39 is 5.91 Å². The average Bonchev–Trinajstić information content (AvgIpc) is 2.80. The molecule has 0 unspecified atom stereocenters. The molecule has 3 aromatic carbocycles. The maximum Gasteiger partial charge on any atom is 0.266 e. The fraction of sp³-hybridized carbons (Fsp3) is 0.120. The summed E-state index contributed by atoms with van der Waals surface area (Å²) in [5.41, 5.74) is 1.79. The third-order valence-corrected chi connectivity index (χ3v) is 5.87. The van der Waals surface area contributed by atoms with Gasteiger partial charge in [-0.25, -0.2) is 0 Å². The summed E-state index contributed by atoms with van der Waals surface area (Å²) in [4.78, 5) is 12.7. The molecule has 0 aliphatic heterocycles. The van der Waals surface area contributed by atoms with Crippen LogP contribution < -0.4 is 14.8 Å². The van der Waals surface area contributed by atoms with E-state index in [0.29, 0.717) is 30.3 Å². The van der Waals surface area contributed by atoms with Gasteiger partial charge in [0, 0.05) is 0 Å². The number of nitrogens with one attached hydrogen (secondary N) is 1. The molecule has 0 spiro atoms. The van der Waals surface area contributed by atoms with Crippen LogP contribution in [-0.2, 0) is 11.4 Å². The van der Waals surface area contributed by atoms with Crippen molar-refractivity contribution in [3.8, 4) is 17.6 Å². The number of anilines is 1. The molecule has 8 heteroatoms. The van der Waals surface area contributed by atoms with Crippen molar-refractivity contribution in [3.05, 3.63) is 91.0 Å². The monoisotopic (exact) mass is 592 g/mol. The Hall–Kier alpha value is -2.73. The molecular formula is C25H19Cl2IN2O3. The van der Waals surface area contributed by atoms with Crippen LogP contribution in [0.5, 0.6) is 11.5 Å². The first-order valence-electron chi connectivity index (χ1n) is 9.93. The van der Waals surface area contributed by atoms with Crippen LogP contribution in [0, 0.1) is 14.9 Å². The number of hydrogen-bond donors (Lipinski definition) is 1. The number of para-hydroxylation sites is 1. The lowest BCUT2D eigenvalue weighted by Crippen LogP contribution is -2.14. The summed E-state index contributed by atoms with van der Waals surface area (Å²) < 4.78 is 12.6. The van der Waals surface area contributed by atoms with Crippen LogP contribution in [0.1, 0.15) is 18.1 Å². The van der Waals surface area contributed by atoms with Gasteiger partial charge in [-0.15, -0.1) is 0 Å². The average molecular weight is 593 g/mol. The Labute approximate surface area is 216 Å². The van der Waals surface area contributed by atoms with Crippen molar-refractivity contribution in [1.82, 2.24) is 0 Å². The zero-order chi connectivity index (χ0) is 23.8. The summed E-state index contributed by atoms with van der Waals surface area (Å²) in [5, 5.41) is 12.7. The molecule has 0 aromatic heterocycles. The van der Waals surface area contributed by atoms with Crippen LogP contribution in [0.3, 0.4) is 0 Å². The van der Waals surface area contributed by atoms with Gasteiger partial charge in [-0.2, -0.15) is 5.26 Å². The van der Waals surface area contributed by atoms with Gasteiger partial charge in [-0.05, 0) is 71.0 Å². The molecule has 0 aliphatic carbocycles. The molecule has 3 rings (SSSR count). The van der Waals surface area contributed by atoms with Crippen molar-refractivity contribution in [1.29, 1.82) is 5.26 Å². The Morgan fingerprint density at radius 3 is 2.42 bits per heavy atom. The van der Waals surface area contributed by atoms with E-state index in [0.717, 1.165) is 9.13 Å². The Balaban J connectivity index is 1.87. The van der Waals surface area contributed by atoms with Gasteiger partial charge in [0.2, 0.25) is 0 Å². The van der Waals surface area contributed by atoms with Crippen molar-refractivity contribution >= 4 is 63.5 Å². The van der Waals surface area contributed by atoms with Gasteiger partial charge >= 0.3 is 0 Å². The highest BCUT2D eigenvalue weighted by molar-refractivity contribution is 14.1. The van der Waals surface area contributed by atoms with E-state index in [-0.39, 0.29) is 21.3 Å². The van der Waals surface area contributed by atoms with Gasteiger partial charge < -0.3 is 14.8 Å². The quantitative estimate of drug-likeness (QED) is 0.172. The minimum Gasteiger partial charge on any atom is -0.490 e. The molecular weight excluding hydrogens is 574 g/mol. The van der Waals surface area contributed by atoms with E-state index in [9.17, 15) is 10.1 Å². The number of carbonyl (C=O) groups is 1. The van der Waals surface area contributed by atoms with Crippen molar-refractivity contribution in [3.63, 3.8) is 0 Å². The van der Waals surface area contributed by atoms with Crippen LogP contribution in [0.2, 0.25) is 10.0 Å². The van der Waals surface area contributed by atoms with Crippen LogP contribution in [-0.4, -0.2) is 12.5 Å². The number of ether oxygens (including phenoxy) is 2. The zero-order valence-electron chi connectivity index (χ0n) is 17.6. The second kappa shape index (κ2) is 11.9. The summed E-state index contributed by atoms with van der Waals surface area (Å²) in [5.74, 6) is 0.507. The number of carbonyl (C=O) groups excluding carboxylic acids is 1. The standard InChI is InChI=1S/C25H19Cl2IN2O3/c1-2-32-22-13-17(12-21(28)24(22)33-15-16-7-4-3-5-8-16)11-18(14-29)25(31)30-23-19(26)9-6-10-20(23)27/h3-13H,2,15H2,1H3,(H,30,31)/b18-11+. The largest absolute Gasteiger partial charge is 0.490 e. The van der Waals surface area contributed by atoms with Crippen molar-refractivity contribution in [2.75, 3.05) is 11.9 Å². The molecule has 0 bridgehead atoms. The highest BCUT2D eigenvalue weighted by atomic mass is 127. The summed E-state index contributed by atoms with van der Waals surface area (Å²) in [7, 11) is 0. The van der Waals surface area contributed by atoms with Gasteiger partial charge in [0.15, 0.2) is 11.5 Å². The summed E-state index contributed by atoms with van der Waals surface area (Å²) in [6.07, 6.45) is 1.48. The Bertz CT molecular complexity index is 1200. The molecule has 0 radical (unpaired) electrons. The molecule has 5 nitrogen and oxygen atoms in total. The number of benzene rings is 3. The van der Waals surface area contributed by atoms with Crippen molar-refractivity contribution in [2.24, 2.45) is 0 Å². The van der Waals surface area contributed by atoms with Crippen LogP contribution in [0.15, 0.2) is 66.2 Å². The lowest BCUT2D eigenvalue weighted by molar-refractivity contribution is -0.112. The molecule has 168 valence electrons. The highest BCUT2D eigenvalue weighted by Crippen LogP contribution is 2.36. The fourth-order valence-corrected chi connectivity index (χ4v) is 4.19. The topological polar surface area (TPSA) is 71.3 Å².